The Morgan fingerprint density at radius 1 is 1.05 bits per heavy atom. The Kier molecular flexibility index (Phi) is 11.2. The first kappa shape index (κ1) is 32.9. The zero-order valence-corrected chi connectivity index (χ0v) is 26.5. The minimum atomic E-state index is -3.97. The summed E-state index contributed by atoms with van der Waals surface area (Å²) in [4.78, 5) is 42.7. The van der Waals surface area contributed by atoms with E-state index in [-0.39, 0.29) is 23.0 Å². The van der Waals surface area contributed by atoms with Crippen molar-refractivity contribution in [2.45, 2.75) is 93.4 Å². The molecule has 0 spiro atoms. The van der Waals surface area contributed by atoms with Crippen LogP contribution < -0.4 is 5.32 Å². The molecule has 4 rings (SSSR count). The first-order valence-corrected chi connectivity index (χ1v) is 17.3. The number of ketones is 1. The molecule has 1 amide bonds. The maximum Gasteiger partial charge on any atom is 0.326 e. The van der Waals surface area contributed by atoms with Gasteiger partial charge in [-0.3, -0.25) is 14.6 Å². The highest BCUT2D eigenvalue weighted by molar-refractivity contribution is 8.02. The fraction of sp³-hybridized carbons (Fsp3) is 0.500. The Morgan fingerprint density at radius 2 is 1.74 bits per heavy atom. The van der Waals surface area contributed by atoms with E-state index in [4.69, 9.17) is 0 Å². The molecule has 1 fully saturated rings. The van der Waals surface area contributed by atoms with Gasteiger partial charge in [-0.15, -0.1) is 11.8 Å². The lowest BCUT2D eigenvalue weighted by molar-refractivity contribution is -0.142. The third-order valence-corrected chi connectivity index (χ3v) is 11.3. The van der Waals surface area contributed by atoms with Crippen molar-refractivity contribution in [3.63, 3.8) is 0 Å². The van der Waals surface area contributed by atoms with Crippen molar-refractivity contribution in [1.29, 1.82) is 0 Å². The summed E-state index contributed by atoms with van der Waals surface area (Å²) in [5, 5.41) is 12.5. The number of carboxylic acids is 1. The molecule has 2 aromatic carbocycles. The molecule has 43 heavy (non-hydrogen) atoms. The van der Waals surface area contributed by atoms with Crippen LogP contribution in [0.15, 0.2) is 64.5 Å². The lowest BCUT2D eigenvalue weighted by Crippen LogP contribution is -2.56. The zero-order chi connectivity index (χ0) is 31.0. The SMILES string of the molecule is CC1(C)SCN(S(=O)(=O)c2ccccc2)[C@@H]1C(=O)N[C@@H](Cc1ccc(CC(=O)CCCCCC2=NCCC2)cc1)C(=O)O. The minimum Gasteiger partial charge on any atom is -0.480 e. The number of aliphatic imine (C=N–C) groups is 1. The standard InChI is InChI=1S/C32H41N3O6S2/c1-32(2)29(35(22-42-32)43(40,41)27-13-7-4-8-14-27)30(37)34-28(31(38)39)21-24-17-15-23(16-18-24)20-26(36)12-6-3-5-10-25-11-9-19-33-25/h4,7-8,13-18,28-29H,3,5-6,9-12,19-22H2,1-2H3,(H,34,37)(H,38,39)/t28-,29+/m0/s1. The first-order chi connectivity index (χ1) is 20.5. The summed E-state index contributed by atoms with van der Waals surface area (Å²) in [5.41, 5.74) is 2.86. The molecule has 232 valence electrons. The molecule has 0 aromatic heterocycles. The summed E-state index contributed by atoms with van der Waals surface area (Å²) >= 11 is 1.33. The Balaban J connectivity index is 1.32. The third-order valence-electron chi connectivity index (χ3n) is 7.97. The third kappa shape index (κ3) is 8.77. The summed E-state index contributed by atoms with van der Waals surface area (Å²) in [6, 6.07) is 12.7. The Labute approximate surface area is 258 Å². The van der Waals surface area contributed by atoms with Crippen LogP contribution in [0.25, 0.3) is 0 Å². The van der Waals surface area contributed by atoms with Gasteiger partial charge >= 0.3 is 5.97 Å². The van der Waals surface area contributed by atoms with Gasteiger partial charge in [0.25, 0.3) is 0 Å². The number of carboxylic acid groups (broad SMARTS) is 1. The topological polar surface area (TPSA) is 133 Å². The molecule has 2 atom stereocenters. The minimum absolute atomic E-state index is 0.0202. The molecule has 0 radical (unpaired) electrons. The van der Waals surface area contributed by atoms with Crippen molar-refractivity contribution < 1.29 is 27.9 Å². The van der Waals surface area contributed by atoms with Crippen molar-refractivity contribution in [2.75, 3.05) is 12.4 Å². The highest BCUT2D eigenvalue weighted by Gasteiger charge is 2.51. The second kappa shape index (κ2) is 14.6. The predicted molar refractivity (Wildman–Crippen MR) is 169 cm³/mol. The molecule has 2 aliphatic rings. The van der Waals surface area contributed by atoms with Gasteiger partial charge in [0.2, 0.25) is 15.9 Å². The summed E-state index contributed by atoms with van der Waals surface area (Å²) in [6.45, 7) is 4.52. The number of Topliss-reactive ketones (excluding diaryl/α,β-unsaturated/α-hetero) is 1. The Bertz CT molecular complexity index is 1420. The van der Waals surface area contributed by atoms with Crippen molar-refractivity contribution in [3.8, 4) is 0 Å². The summed E-state index contributed by atoms with van der Waals surface area (Å²) < 4.78 is 27.1. The van der Waals surface area contributed by atoms with Gasteiger partial charge in [-0.05, 0) is 69.2 Å². The monoisotopic (exact) mass is 627 g/mol. The van der Waals surface area contributed by atoms with Gasteiger partial charge < -0.3 is 10.4 Å². The van der Waals surface area contributed by atoms with Crippen LogP contribution in [0.4, 0.5) is 0 Å². The van der Waals surface area contributed by atoms with Crippen LogP contribution in [-0.4, -0.2) is 70.5 Å². The zero-order valence-electron chi connectivity index (χ0n) is 24.8. The molecule has 0 bridgehead atoms. The number of nitrogens with zero attached hydrogens (tertiary/aromatic N) is 2. The molecule has 9 nitrogen and oxygen atoms in total. The first-order valence-electron chi connectivity index (χ1n) is 14.8. The van der Waals surface area contributed by atoms with Crippen molar-refractivity contribution >= 4 is 45.2 Å². The van der Waals surface area contributed by atoms with Gasteiger partial charge in [-0.25, -0.2) is 13.2 Å². The Morgan fingerprint density at radius 3 is 2.40 bits per heavy atom. The van der Waals surface area contributed by atoms with E-state index in [9.17, 15) is 27.9 Å². The molecule has 0 unspecified atom stereocenters. The van der Waals surface area contributed by atoms with E-state index in [1.165, 1.54) is 29.6 Å². The van der Waals surface area contributed by atoms with E-state index >= 15 is 0 Å². The number of aliphatic carboxylic acids is 1. The smallest absolute Gasteiger partial charge is 0.326 e. The van der Waals surface area contributed by atoms with Crippen LogP contribution in [0.5, 0.6) is 0 Å². The second-order valence-corrected chi connectivity index (χ2v) is 15.2. The molecule has 2 aromatic rings. The molecule has 2 heterocycles. The number of carbonyl (C=O) groups excluding carboxylic acids is 2. The normalized spacial score (nSPS) is 19.1. The average Bonchev–Trinajstić information content (AvgIpc) is 3.61. The number of rotatable bonds is 15. The van der Waals surface area contributed by atoms with Crippen LogP contribution >= 0.6 is 11.8 Å². The van der Waals surface area contributed by atoms with Crippen LogP contribution in [0.2, 0.25) is 0 Å². The fourth-order valence-corrected chi connectivity index (χ4v) is 8.73. The van der Waals surface area contributed by atoms with Gasteiger partial charge in [0.1, 0.15) is 17.9 Å². The second-order valence-electron chi connectivity index (χ2n) is 11.7. The van der Waals surface area contributed by atoms with E-state index < -0.39 is 38.7 Å². The molecule has 0 aliphatic carbocycles. The number of thioether (sulfide) groups is 1. The van der Waals surface area contributed by atoms with Gasteiger partial charge in [0.05, 0.1) is 10.8 Å². The fourth-order valence-electron chi connectivity index (χ4n) is 5.54. The van der Waals surface area contributed by atoms with E-state index in [0.717, 1.165) is 54.9 Å². The van der Waals surface area contributed by atoms with Crippen molar-refractivity contribution in [2.24, 2.45) is 4.99 Å². The molecular weight excluding hydrogens is 587 g/mol. The largest absolute Gasteiger partial charge is 0.480 e. The van der Waals surface area contributed by atoms with Crippen LogP contribution in [0, 0.1) is 0 Å². The molecule has 11 heteroatoms. The maximum absolute atomic E-state index is 13.5. The summed E-state index contributed by atoms with van der Waals surface area (Å²) in [6.07, 6.45) is 7.15. The predicted octanol–water partition coefficient (Wildman–Crippen LogP) is 4.64. The highest BCUT2D eigenvalue weighted by Crippen LogP contribution is 2.42. The number of nitrogens with one attached hydrogen (secondary N) is 1. The number of hydrogen-bond donors (Lipinski definition) is 2. The molecule has 0 saturated carbocycles. The molecule has 1 saturated heterocycles. The van der Waals surface area contributed by atoms with Crippen LogP contribution in [0.3, 0.4) is 0 Å². The van der Waals surface area contributed by atoms with Gasteiger partial charge in [-0.2, -0.15) is 4.31 Å². The van der Waals surface area contributed by atoms with Crippen molar-refractivity contribution in [3.05, 3.63) is 65.7 Å². The molecule has 2 N–H and O–H groups in total. The van der Waals surface area contributed by atoms with Gasteiger partial charge in [0.15, 0.2) is 0 Å². The van der Waals surface area contributed by atoms with Crippen molar-refractivity contribution in [1.82, 2.24) is 9.62 Å². The van der Waals surface area contributed by atoms with E-state index in [1.54, 1.807) is 44.2 Å². The number of benzene rings is 2. The van der Waals surface area contributed by atoms with Gasteiger partial charge in [-0.1, -0.05) is 48.9 Å². The maximum atomic E-state index is 13.5. The lowest BCUT2D eigenvalue weighted by atomic mass is 9.99. The number of unbranched alkanes of at least 4 members (excludes halogenated alkanes) is 2. The lowest BCUT2D eigenvalue weighted by Gasteiger charge is -2.31. The number of sulfonamides is 1. The highest BCUT2D eigenvalue weighted by atomic mass is 32.2. The van der Waals surface area contributed by atoms with E-state index in [0.29, 0.717) is 18.4 Å². The average molecular weight is 628 g/mol. The number of hydrogen-bond acceptors (Lipinski definition) is 7. The molecule has 2 aliphatic heterocycles. The van der Waals surface area contributed by atoms with E-state index in [2.05, 4.69) is 10.3 Å². The Hall–Kier alpha value is -3.02. The van der Waals surface area contributed by atoms with Crippen LogP contribution in [0.1, 0.15) is 69.9 Å². The number of amides is 1. The quantitative estimate of drug-likeness (QED) is 0.275. The molecular formula is C32H41N3O6S2. The summed E-state index contributed by atoms with van der Waals surface area (Å²) in [5.74, 6) is -1.61. The van der Waals surface area contributed by atoms with E-state index in [1.807, 2.05) is 12.1 Å². The van der Waals surface area contributed by atoms with Gasteiger partial charge in [0, 0.05) is 36.3 Å². The summed E-state index contributed by atoms with van der Waals surface area (Å²) in [7, 11) is -3.97. The number of carbonyl (C=O) groups is 3. The van der Waals surface area contributed by atoms with Crippen LogP contribution in [-0.2, 0) is 37.2 Å².